The number of carbonyl (C=O) groups is 3. The Morgan fingerprint density at radius 3 is 2.21 bits per heavy atom. The van der Waals surface area contributed by atoms with Crippen LogP contribution in [0.2, 0.25) is 0 Å². The van der Waals surface area contributed by atoms with Crippen LogP contribution in [0.25, 0.3) is 6.08 Å². The van der Waals surface area contributed by atoms with Crippen LogP contribution in [-0.2, 0) is 23.9 Å². The van der Waals surface area contributed by atoms with Crippen molar-refractivity contribution >= 4 is 24.0 Å². The van der Waals surface area contributed by atoms with E-state index in [2.05, 4.69) is 0 Å². The molecule has 0 bridgehead atoms. The summed E-state index contributed by atoms with van der Waals surface area (Å²) in [5.74, 6) is -2.30. The zero-order chi connectivity index (χ0) is 30.0. The van der Waals surface area contributed by atoms with Crippen LogP contribution >= 0.6 is 0 Å². The molecule has 10 heteroatoms. The van der Waals surface area contributed by atoms with Gasteiger partial charge < -0.3 is 28.1 Å². The monoisotopic (exact) mass is 572 g/mol. The number of rotatable bonds is 8. The van der Waals surface area contributed by atoms with Gasteiger partial charge in [0, 0.05) is 31.4 Å². The lowest BCUT2D eigenvalue weighted by molar-refractivity contribution is -0.182. The van der Waals surface area contributed by atoms with Crippen LogP contribution in [0.3, 0.4) is 0 Å². The number of ether oxygens (including phenoxy) is 5. The third-order valence-corrected chi connectivity index (χ3v) is 7.30. The first-order valence-electron chi connectivity index (χ1n) is 13.1. The van der Waals surface area contributed by atoms with E-state index in [4.69, 9.17) is 28.1 Å². The van der Waals surface area contributed by atoms with E-state index in [1.165, 1.54) is 40.2 Å². The molecular weight excluding hydrogens is 544 g/mol. The Balaban J connectivity index is 1.75. The summed E-state index contributed by atoms with van der Waals surface area (Å²) in [4.78, 5) is 49.4. The second-order valence-electron chi connectivity index (χ2n) is 9.82. The van der Waals surface area contributed by atoms with Crippen LogP contribution in [0, 0.1) is 5.92 Å². The lowest BCUT2D eigenvalue weighted by Crippen LogP contribution is -2.63. The SMILES string of the molecule is COC1=CC(=O)OC2(/C=C/c3ccccc3OC(C)=O)C1C(c1ccccc1OC(C)=O)C2c1cc(OC)cc(=O)o1. The van der Waals surface area contributed by atoms with Crippen molar-refractivity contribution < 1.29 is 42.5 Å². The van der Waals surface area contributed by atoms with Crippen LogP contribution in [0.1, 0.15) is 42.6 Å². The molecule has 0 spiro atoms. The molecule has 2 aliphatic rings. The van der Waals surface area contributed by atoms with E-state index < -0.39 is 46.9 Å². The minimum atomic E-state index is -1.43. The summed E-state index contributed by atoms with van der Waals surface area (Å²) in [5, 5.41) is 0. The van der Waals surface area contributed by atoms with Gasteiger partial charge in [0.2, 0.25) is 0 Å². The first kappa shape index (κ1) is 28.4. The molecule has 10 nitrogen and oxygen atoms in total. The van der Waals surface area contributed by atoms with E-state index in [1.807, 2.05) is 0 Å². The summed E-state index contributed by atoms with van der Waals surface area (Å²) in [6.07, 6.45) is 4.62. The summed E-state index contributed by atoms with van der Waals surface area (Å²) >= 11 is 0. The average Bonchev–Trinajstić information content (AvgIpc) is 2.93. The van der Waals surface area contributed by atoms with Crippen LogP contribution in [-0.4, -0.2) is 37.7 Å². The summed E-state index contributed by atoms with van der Waals surface area (Å²) in [7, 11) is 2.87. The van der Waals surface area contributed by atoms with E-state index in [0.29, 0.717) is 28.4 Å². The van der Waals surface area contributed by atoms with E-state index in [1.54, 1.807) is 66.7 Å². The van der Waals surface area contributed by atoms with Crippen molar-refractivity contribution in [1.82, 2.24) is 0 Å². The van der Waals surface area contributed by atoms with Crippen molar-refractivity contribution in [1.29, 1.82) is 0 Å². The fraction of sp³-hybridized carbons (Fsp3) is 0.250. The Bertz CT molecular complexity index is 1670. The quantitative estimate of drug-likeness (QED) is 0.280. The van der Waals surface area contributed by atoms with Crippen molar-refractivity contribution in [2.75, 3.05) is 14.2 Å². The molecule has 42 heavy (non-hydrogen) atoms. The molecule has 1 fully saturated rings. The molecule has 2 aromatic carbocycles. The molecule has 3 aromatic rings. The van der Waals surface area contributed by atoms with Crippen molar-refractivity contribution in [2.24, 2.45) is 5.92 Å². The second-order valence-corrected chi connectivity index (χ2v) is 9.82. The van der Waals surface area contributed by atoms with Crippen molar-refractivity contribution in [3.8, 4) is 17.2 Å². The van der Waals surface area contributed by atoms with Gasteiger partial charge in [0.05, 0.1) is 38.2 Å². The molecule has 1 aliphatic carbocycles. The number of para-hydroxylation sites is 2. The van der Waals surface area contributed by atoms with Crippen LogP contribution < -0.4 is 19.8 Å². The highest BCUT2D eigenvalue weighted by Gasteiger charge is 2.69. The Labute approximate surface area is 241 Å². The molecule has 1 saturated carbocycles. The van der Waals surface area contributed by atoms with Gasteiger partial charge in [-0.25, -0.2) is 9.59 Å². The molecule has 4 unspecified atom stereocenters. The molecule has 1 aromatic heterocycles. The summed E-state index contributed by atoms with van der Waals surface area (Å²) in [6, 6.07) is 16.6. The van der Waals surface area contributed by atoms with Gasteiger partial charge in [0.1, 0.15) is 28.8 Å². The Morgan fingerprint density at radius 1 is 0.857 bits per heavy atom. The molecule has 0 amide bonds. The minimum Gasteiger partial charge on any atom is -0.500 e. The number of hydrogen-bond donors (Lipinski definition) is 0. The number of carbonyl (C=O) groups excluding carboxylic acids is 3. The van der Waals surface area contributed by atoms with Crippen LogP contribution in [0.5, 0.6) is 17.2 Å². The molecule has 216 valence electrons. The zero-order valence-electron chi connectivity index (χ0n) is 23.3. The van der Waals surface area contributed by atoms with Gasteiger partial charge in [0.15, 0.2) is 5.60 Å². The molecule has 5 rings (SSSR count). The summed E-state index contributed by atoms with van der Waals surface area (Å²) in [5.41, 5.74) is -0.946. The molecule has 0 N–H and O–H groups in total. The Hall–Kier alpha value is -5.12. The van der Waals surface area contributed by atoms with Gasteiger partial charge in [-0.1, -0.05) is 42.5 Å². The third-order valence-electron chi connectivity index (χ3n) is 7.30. The topological polar surface area (TPSA) is 128 Å². The van der Waals surface area contributed by atoms with E-state index in [9.17, 15) is 19.2 Å². The Morgan fingerprint density at radius 2 is 1.52 bits per heavy atom. The highest BCUT2D eigenvalue weighted by Crippen LogP contribution is 2.67. The molecule has 1 aliphatic heterocycles. The van der Waals surface area contributed by atoms with Crippen LogP contribution in [0.15, 0.2) is 87.8 Å². The third kappa shape index (κ3) is 5.18. The van der Waals surface area contributed by atoms with Gasteiger partial charge in [-0.3, -0.25) is 9.59 Å². The highest BCUT2D eigenvalue weighted by molar-refractivity contribution is 5.86. The molecule has 0 saturated heterocycles. The van der Waals surface area contributed by atoms with E-state index in [-0.39, 0.29) is 11.5 Å². The van der Waals surface area contributed by atoms with E-state index >= 15 is 0 Å². The number of hydrogen-bond acceptors (Lipinski definition) is 10. The first-order valence-corrected chi connectivity index (χ1v) is 13.1. The summed E-state index contributed by atoms with van der Waals surface area (Å²) < 4.78 is 33.8. The van der Waals surface area contributed by atoms with Gasteiger partial charge in [-0.2, -0.15) is 0 Å². The predicted molar refractivity (Wildman–Crippen MR) is 149 cm³/mol. The second kappa shape index (κ2) is 11.4. The first-order chi connectivity index (χ1) is 20.2. The smallest absolute Gasteiger partial charge is 0.339 e. The zero-order valence-corrected chi connectivity index (χ0v) is 23.3. The van der Waals surface area contributed by atoms with Gasteiger partial charge in [-0.15, -0.1) is 0 Å². The summed E-state index contributed by atoms with van der Waals surface area (Å²) in [6.45, 7) is 2.60. The standard InChI is InChI=1S/C32H28O10/c1-18(33)39-23-11-7-5-9-20(23)13-14-32-30(25(38-4)17-28(36)42-32)29(22-10-6-8-12-24(22)40-19(2)34)31(32)26-15-21(37-3)16-27(35)41-26/h5-17,29-31H,1-4H3/b14-13+. The minimum absolute atomic E-state index is 0.182. The Kier molecular flexibility index (Phi) is 7.71. The maximum Gasteiger partial charge on any atom is 0.339 e. The largest absolute Gasteiger partial charge is 0.500 e. The number of esters is 3. The van der Waals surface area contributed by atoms with Crippen molar-refractivity contribution in [3.63, 3.8) is 0 Å². The molecule has 0 radical (unpaired) electrons. The number of methoxy groups -OCH3 is 2. The van der Waals surface area contributed by atoms with Gasteiger partial charge >= 0.3 is 23.5 Å². The average molecular weight is 573 g/mol. The lowest BCUT2D eigenvalue weighted by Gasteiger charge is -2.59. The van der Waals surface area contributed by atoms with Gasteiger partial charge in [-0.05, 0) is 23.8 Å². The number of benzene rings is 2. The van der Waals surface area contributed by atoms with Gasteiger partial charge in [0.25, 0.3) is 0 Å². The maximum atomic E-state index is 13.0. The fourth-order valence-electron chi connectivity index (χ4n) is 5.78. The lowest BCUT2D eigenvalue weighted by atomic mass is 9.49. The molecular formula is C32H28O10. The number of fused-ring (bicyclic) bond motifs is 1. The van der Waals surface area contributed by atoms with Crippen molar-refractivity contribution in [3.05, 3.63) is 106 Å². The van der Waals surface area contributed by atoms with E-state index in [0.717, 1.165) is 0 Å². The maximum absolute atomic E-state index is 13.0. The normalized spacial score (nSPS) is 22.7. The molecule has 2 heterocycles. The highest BCUT2D eigenvalue weighted by atomic mass is 16.6. The molecule has 4 atom stereocenters. The predicted octanol–water partition coefficient (Wildman–Crippen LogP) is 4.54. The fourth-order valence-corrected chi connectivity index (χ4v) is 5.78. The van der Waals surface area contributed by atoms with Crippen LogP contribution in [0.4, 0.5) is 0 Å². The van der Waals surface area contributed by atoms with Crippen molar-refractivity contribution in [2.45, 2.75) is 31.3 Å².